The van der Waals surface area contributed by atoms with Gasteiger partial charge in [0, 0.05) is 5.56 Å². The molecule has 39 heavy (non-hydrogen) atoms. The molecule has 0 unspecified atom stereocenters. The number of ketones is 1. The molecular weight excluding hydrogens is 522 g/mol. The van der Waals surface area contributed by atoms with Crippen LogP contribution in [0.1, 0.15) is 26.3 Å². The molecule has 216 valence electrons. The van der Waals surface area contributed by atoms with Crippen LogP contribution < -0.4 is 4.74 Å². The SMILES string of the molecule is COC(=O)c1ccc(C(=O)c2ccccc2OC(F)(F)COCCOCCOCCOCCOCCO)cc1. The minimum Gasteiger partial charge on any atom is -0.465 e. The second kappa shape index (κ2) is 18.3. The summed E-state index contributed by atoms with van der Waals surface area (Å²) in [6, 6.07) is 11.3. The molecule has 0 saturated heterocycles. The highest BCUT2D eigenvalue weighted by Crippen LogP contribution is 2.27. The monoisotopic (exact) mass is 556 g/mol. The van der Waals surface area contributed by atoms with Gasteiger partial charge in [0.2, 0.25) is 0 Å². The van der Waals surface area contributed by atoms with E-state index in [1.165, 1.54) is 55.6 Å². The highest BCUT2D eigenvalue weighted by atomic mass is 19.3. The van der Waals surface area contributed by atoms with Crippen molar-refractivity contribution in [3.63, 3.8) is 0 Å². The number of rotatable bonds is 21. The number of para-hydroxylation sites is 1. The van der Waals surface area contributed by atoms with Crippen LogP contribution in [0.3, 0.4) is 0 Å². The standard InChI is InChI=1S/C27H34F2O10/c1-33-26(32)22-8-6-21(7-9-22)25(31)23-4-2-3-5-24(23)39-27(28,29)20-38-19-18-37-17-16-36-15-14-35-13-12-34-11-10-30/h2-9,30H,10-20H2,1H3. The topological polar surface area (TPSA) is 119 Å². The minimum absolute atomic E-state index is 0.0283. The molecule has 1 N–H and O–H groups in total. The molecule has 0 aliphatic rings. The summed E-state index contributed by atoms with van der Waals surface area (Å²) < 4.78 is 64.1. The number of ether oxygens (including phenoxy) is 7. The summed E-state index contributed by atoms with van der Waals surface area (Å²) in [6.45, 7) is 1.30. The number of hydrogen-bond donors (Lipinski definition) is 1. The summed E-state index contributed by atoms with van der Waals surface area (Å²) in [5, 5.41) is 8.56. The summed E-state index contributed by atoms with van der Waals surface area (Å²) in [5.74, 6) is -1.41. The van der Waals surface area contributed by atoms with Crippen molar-refractivity contribution in [3.8, 4) is 5.75 Å². The third-order valence-electron chi connectivity index (χ3n) is 4.95. The summed E-state index contributed by atoms with van der Waals surface area (Å²) in [7, 11) is 1.24. The molecule has 0 spiro atoms. The van der Waals surface area contributed by atoms with Crippen molar-refractivity contribution < 1.29 is 56.6 Å². The average molecular weight is 557 g/mol. The van der Waals surface area contributed by atoms with Gasteiger partial charge < -0.3 is 38.3 Å². The molecule has 0 heterocycles. The van der Waals surface area contributed by atoms with Crippen LogP contribution in [0.4, 0.5) is 8.78 Å². The van der Waals surface area contributed by atoms with E-state index in [0.29, 0.717) is 33.0 Å². The molecule has 12 heteroatoms. The molecule has 2 aromatic carbocycles. The van der Waals surface area contributed by atoms with E-state index in [2.05, 4.69) is 4.74 Å². The second-order valence-corrected chi connectivity index (χ2v) is 7.86. The fourth-order valence-electron chi connectivity index (χ4n) is 3.10. The third kappa shape index (κ3) is 12.6. The maximum atomic E-state index is 14.4. The maximum absolute atomic E-state index is 14.4. The van der Waals surface area contributed by atoms with Crippen LogP contribution in [-0.4, -0.2) is 103 Å². The van der Waals surface area contributed by atoms with Crippen molar-refractivity contribution in [1.82, 2.24) is 0 Å². The molecule has 10 nitrogen and oxygen atoms in total. The van der Waals surface area contributed by atoms with Gasteiger partial charge in [0.25, 0.3) is 0 Å². The average Bonchev–Trinajstić information content (AvgIpc) is 2.94. The predicted molar refractivity (Wildman–Crippen MR) is 134 cm³/mol. The van der Waals surface area contributed by atoms with Gasteiger partial charge in [-0.1, -0.05) is 24.3 Å². The fraction of sp³-hybridized carbons (Fsp3) is 0.481. The Hall–Kier alpha value is -3.00. The zero-order chi connectivity index (χ0) is 28.3. The maximum Gasteiger partial charge on any atom is 0.421 e. The van der Waals surface area contributed by atoms with Gasteiger partial charge >= 0.3 is 12.1 Å². The second-order valence-electron chi connectivity index (χ2n) is 7.86. The van der Waals surface area contributed by atoms with Gasteiger partial charge in [0.1, 0.15) is 5.75 Å². The zero-order valence-electron chi connectivity index (χ0n) is 21.8. The van der Waals surface area contributed by atoms with Crippen LogP contribution in [0.25, 0.3) is 0 Å². The molecular formula is C27H34F2O10. The zero-order valence-corrected chi connectivity index (χ0v) is 21.8. The van der Waals surface area contributed by atoms with E-state index < -0.39 is 24.5 Å². The minimum atomic E-state index is -3.70. The Morgan fingerprint density at radius 2 is 1.21 bits per heavy atom. The van der Waals surface area contributed by atoms with Crippen LogP contribution in [-0.2, 0) is 28.4 Å². The van der Waals surface area contributed by atoms with Crippen molar-refractivity contribution in [2.24, 2.45) is 0 Å². The Morgan fingerprint density at radius 1 is 0.718 bits per heavy atom. The van der Waals surface area contributed by atoms with Gasteiger partial charge in [-0.2, -0.15) is 8.78 Å². The first-order valence-corrected chi connectivity index (χ1v) is 12.3. The Kier molecular flexibility index (Phi) is 15.1. The number of halogens is 2. The molecule has 2 rings (SSSR count). The number of benzene rings is 2. The molecule has 0 radical (unpaired) electrons. The first-order valence-electron chi connectivity index (χ1n) is 12.3. The van der Waals surface area contributed by atoms with Crippen molar-refractivity contribution in [2.75, 3.05) is 79.8 Å². The molecule has 0 fully saturated rings. The number of aliphatic hydroxyl groups excluding tert-OH is 1. The lowest BCUT2D eigenvalue weighted by atomic mass is 10.0. The number of methoxy groups -OCH3 is 1. The fourth-order valence-corrected chi connectivity index (χ4v) is 3.10. The third-order valence-corrected chi connectivity index (χ3v) is 4.95. The summed E-state index contributed by atoms with van der Waals surface area (Å²) >= 11 is 0. The molecule has 0 bridgehead atoms. The number of hydrogen-bond acceptors (Lipinski definition) is 10. The molecule has 0 aliphatic heterocycles. The van der Waals surface area contributed by atoms with Gasteiger partial charge in [-0.3, -0.25) is 4.79 Å². The first kappa shape index (κ1) is 32.2. The molecule has 0 atom stereocenters. The van der Waals surface area contributed by atoms with E-state index in [9.17, 15) is 18.4 Å². The van der Waals surface area contributed by atoms with Gasteiger partial charge in [-0.15, -0.1) is 0 Å². The number of carbonyl (C=O) groups excluding carboxylic acids is 2. The Bertz CT molecular complexity index is 985. The number of esters is 1. The Labute approximate surface area is 225 Å². The van der Waals surface area contributed by atoms with Crippen molar-refractivity contribution in [2.45, 2.75) is 6.11 Å². The van der Waals surface area contributed by atoms with Gasteiger partial charge in [0.15, 0.2) is 12.4 Å². The molecule has 0 amide bonds. The lowest BCUT2D eigenvalue weighted by Crippen LogP contribution is -2.32. The predicted octanol–water partition coefficient (Wildman–Crippen LogP) is 2.75. The van der Waals surface area contributed by atoms with Gasteiger partial charge in [-0.25, -0.2) is 4.79 Å². The number of aliphatic hydroxyl groups is 1. The van der Waals surface area contributed by atoms with Crippen molar-refractivity contribution in [1.29, 1.82) is 0 Å². The first-order chi connectivity index (χ1) is 18.9. The highest BCUT2D eigenvalue weighted by molar-refractivity contribution is 6.11. The largest absolute Gasteiger partial charge is 0.465 e. The van der Waals surface area contributed by atoms with E-state index in [1.54, 1.807) is 0 Å². The Morgan fingerprint density at radius 3 is 1.74 bits per heavy atom. The van der Waals surface area contributed by atoms with E-state index in [1.807, 2.05) is 0 Å². The van der Waals surface area contributed by atoms with Gasteiger partial charge in [0.05, 0.1) is 84.3 Å². The van der Waals surface area contributed by atoms with E-state index >= 15 is 0 Å². The lowest BCUT2D eigenvalue weighted by Gasteiger charge is -2.20. The smallest absolute Gasteiger partial charge is 0.421 e. The molecule has 2 aromatic rings. The normalized spacial score (nSPS) is 11.4. The van der Waals surface area contributed by atoms with E-state index in [0.717, 1.165) is 0 Å². The summed E-state index contributed by atoms with van der Waals surface area (Å²) in [4.78, 5) is 24.5. The van der Waals surface area contributed by atoms with Gasteiger partial charge in [-0.05, 0) is 24.3 Å². The lowest BCUT2D eigenvalue weighted by molar-refractivity contribution is -0.213. The highest BCUT2D eigenvalue weighted by Gasteiger charge is 2.33. The summed E-state index contributed by atoms with van der Waals surface area (Å²) in [5.41, 5.74) is 0.379. The van der Waals surface area contributed by atoms with E-state index in [4.69, 9.17) is 33.5 Å². The molecule has 0 aromatic heterocycles. The summed E-state index contributed by atoms with van der Waals surface area (Å²) in [6.07, 6.45) is -3.70. The van der Waals surface area contributed by atoms with Crippen LogP contribution in [0, 0.1) is 0 Å². The van der Waals surface area contributed by atoms with Crippen LogP contribution in [0.15, 0.2) is 48.5 Å². The van der Waals surface area contributed by atoms with E-state index in [-0.39, 0.29) is 55.5 Å². The van der Waals surface area contributed by atoms with Crippen LogP contribution >= 0.6 is 0 Å². The molecule has 0 aliphatic carbocycles. The van der Waals surface area contributed by atoms with Crippen molar-refractivity contribution in [3.05, 3.63) is 65.2 Å². The van der Waals surface area contributed by atoms with Crippen LogP contribution in [0.5, 0.6) is 5.75 Å². The quantitative estimate of drug-likeness (QED) is 0.140. The number of alkyl halides is 2. The van der Waals surface area contributed by atoms with Crippen LogP contribution in [0.2, 0.25) is 0 Å². The number of carbonyl (C=O) groups is 2. The Balaban J connectivity index is 1.67. The molecule has 0 saturated carbocycles. The van der Waals surface area contributed by atoms with Crippen molar-refractivity contribution >= 4 is 11.8 Å².